The number of anilines is 1. The Morgan fingerprint density at radius 2 is 1.96 bits per heavy atom. The maximum Gasteiger partial charge on any atom is 0.258 e. The molecular formula is C18H21FN4O2. The van der Waals surface area contributed by atoms with Gasteiger partial charge < -0.3 is 15.0 Å². The van der Waals surface area contributed by atoms with E-state index in [9.17, 15) is 9.18 Å². The smallest absolute Gasteiger partial charge is 0.258 e. The molecule has 25 heavy (non-hydrogen) atoms. The van der Waals surface area contributed by atoms with E-state index in [-0.39, 0.29) is 24.9 Å². The third-order valence-corrected chi connectivity index (χ3v) is 3.94. The van der Waals surface area contributed by atoms with Crippen LogP contribution in [0, 0.1) is 12.7 Å². The minimum Gasteiger partial charge on any atom is -0.484 e. The topological polar surface area (TPSA) is 67.4 Å². The zero-order valence-electron chi connectivity index (χ0n) is 14.2. The molecule has 1 aliphatic heterocycles. The number of halogens is 1. The molecule has 3 rings (SSSR count). The highest BCUT2D eigenvalue weighted by Gasteiger charge is 2.15. The molecule has 132 valence electrons. The Labute approximate surface area is 146 Å². The normalized spacial score (nSPS) is 13.8. The summed E-state index contributed by atoms with van der Waals surface area (Å²) in [5.41, 5.74) is 0.878. The van der Waals surface area contributed by atoms with E-state index in [1.807, 2.05) is 13.0 Å². The maximum atomic E-state index is 12.8. The lowest BCUT2D eigenvalue weighted by Gasteiger charge is -2.17. The summed E-state index contributed by atoms with van der Waals surface area (Å²) in [6.07, 6.45) is 2.35. The number of nitrogens with zero attached hydrogens (tertiary/aromatic N) is 3. The first-order chi connectivity index (χ1) is 12.1. The van der Waals surface area contributed by atoms with Gasteiger partial charge >= 0.3 is 0 Å². The minimum absolute atomic E-state index is 0.142. The van der Waals surface area contributed by atoms with Crippen LogP contribution in [0.4, 0.5) is 10.2 Å². The number of rotatable bonds is 6. The van der Waals surface area contributed by atoms with E-state index in [1.54, 1.807) is 0 Å². The third kappa shape index (κ3) is 4.89. The average molecular weight is 344 g/mol. The van der Waals surface area contributed by atoms with Gasteiger partial charge in [0.15, 0.2) is 6.61 Å². The molecule has 7 heteroatoms. The van der Waals surface area contributed by atoms with E-state index < -0.39 is 0 Å². The molecule has 6 nitrogen and oxygen atoms in total. The summed E-state index contributed by atoms with van der Waals surface area (Å²) in [5, 5.41) is 2.74. The Morgan fingerprint density at radius 1 is 1.24 bits per heavy atom. The van der Waals surface area contributed by atoms with E-state index in [0.29, 0.717) is 11.6 Å². The van der Waals surface area contributed by atoms with Gasteiger partial charge in [0.1, 0.15) is 23.2 Å². The summed E-state index contributed by atoms with van der Waals surface area (Å²) in [6.45, 7) is 4.04. The molecule has 1 aromatic heterocycles. The van der Waals surface area contributed by atoms with Crippen molar-refractivity contribution in [3.05, 3.63) is 47.7 Å². The molecule has 2 heterocycles. The van der Waals surface area contributed by atoms with Crippen molar-refractivity contribution in [1.29, 1.82) is 0 Å². The summed E-state index contributed by atoms with van der Waals surface area (Å²) >= 11 is 0. The predicted octanol–water partition coefficient (Wildman–Crippen LogP) is 2.22. The first-order valence-electron chi connectivity index (χ1n) is 8.35. The molecule has 0 unspecified atom stereocenters. The number of ether oxygens (including phenoxy) is 1. The molecule has 0 spiro atoms. The van der Waals surface area contributed by atoms with E-state index in [2.05, 4.69) is 20.2 Å². The molecule has 1 aromatic carbocycles. The minimum atomic E-state index is -0.345. The van der Waals surface area contributed by atoms with Crippen LogP contribution < -0.4 is 15.0 Å². The second-order valence-corrected chi connectivity index (χ2v) is 6.00. The lowest BCUT2D eigenvalue weighted by atomic mass is 10.3. The number of carbonyl (C=O) groups excluding carboxylic acids is 1. The molecule has 1 N–H and O–H groups in total. The molecule has 1 fully saturated rings. The number of amides is 1. The van der Waals surface area contributed by atoms with Gasteiger partial charge in [-0.3, -0.25) is 4.79 Å². The summed E-state index contributed by atoms with van der Waals surface area (Å²) in [7, 11) is 0. The van der Waals surface area contributed by atoms with Gasteiger partial charge in [-0.2, -0.15) is 0 Å². The van der Waals surface area contributed by atoms with Gasteiger partial charge in [-0.25, -0.2) is 14.4 Å². The molecule has 0 radical (unpaired) electrons. The third-order valence-electron chi connectivity index (χ3n) is 3.94. The predicted molar refractivity (Wildman–Crippen MR) is 92.0 cm³/mol. The molecule has 0 bridgehead atoms. The van der Waals surface area contributed by atoms with Crippen molar-refractivity contribution in [2.45, 2.75) is 26.3 Å². The van der Waals surface area contributed by atoms with E-state index >= 15 is 0 Å². The van der Waals surface area contributed by atoms with Gasteiger partial charge in [0, 0.05) is 24.8 Å². The number of hydrogen-bond acceptors (Lipinski definition) is 5. The van der Waals surface area contributed by atoms with Crippen molar-refractivity contribution in [3.63, 3.8) is 0 Å². The Bertz CT molecular complexity index is 730. The highest BCUT2D eigenvalue weighted by atomic mass is 19.1. The number of aromatic nitrogens is 2. The Hall–Kier alpha value is -2.70. The second-order valence-electron chi connectivity index (χ2n) is 6.00. The molecule has 0 aliphatic carbocycles. The van der Waals surface area contributed by atoms with Crippen LogP contribution in [0.1, 0.15) is 24.4 Å². The fourth-order valence-electron chi connectivity index (χ4n) is 2.71. The van der Waals surface area contributed by atoms with Crippen LogP contribution in [0.3, 0.4) is 0 Å². The van der Waals surface area contributed by atoms with Crippen LogP contribution in [-0.2, 0) is 11.3 Å². The quantitative estimate of drug-likeness (QED) is 0.870. The fraction of sp³-hybridized carbons (Fsp3) is 0.389. The zero-order chi connectivity index (χ0) is 17.6. The fourth-order valence-corrected chi connectivity index (χ4v) is 2.71. The maximum absolute atomic E-state index is 12.8. The first kappa shape index (κ1) is 17.1. The van der Waals surface area contributed by atoms with Crippen molar-refractivity contribution < 1.29 is 13.9 Å². The molecular weight excluding hydrogens is 323 g/mol. The average Bonchev–Trinajstić information content (AvgIpc) is 3.14. The van der Waals surface area contributed by atoms with Crippen LogP contribution in [0.2, 0.25) is 0 Å². The van der Waals surface area contributed by atoms with Crippen LogP contribution in [0.25, 0.3) is 0 Å². The van der Waals surface area contributed by atoms with Gasteiger partial charge in [-0.05, 0) is 44.0 Å². The van der Waals surface area contributed by atoms with Crippen LogP contribution in [-0.4, -0.2) is 35.6 Å². The molecule has 0 atom stereocenters. The highest BCUT2D eigenvalue weighted by molar-refractivity contribution is 5.77. The van der Waals surface area contributed by atoms with E-state index in [0.717, 1.165) is 24.6 Å². The molecule has 0 saturated carbocycles. The number of nitrogens with one attached hydrogen (secondary N) is 1. The van der Waals surface area contributed by atoms with Crippen molar-refractivity contribution in [2.75, 3.05) is 24.6 Å². The Morgan fingerprint density at radius 3 is 2.68 bits per heavy atom. The number of benzene rings is 1. The highest BCUT2D eigenvalue weighted by Crippen LogP contribution is 2.18. The lowest BCUT2D eigenvalue weighted by molar-refractivity contribution is -0.123. The SMILES string of the molecule is Cc1cc(N2CCCC2)nc(CNC(=O)COc2ccc(F)cc2)n1. The summed E-state index contributed by atoms with van der Waals surface area (Å²) in [6, 6.07) is 7.50. The van der Waals surface area contributed by atoms with Gasteiger partial charge in [0.2, 0.25) is 0 Å². The van der Waals surface area contributed by atoms with Crippen LogP contribution >= 0.6 is 0 Å². The standard InChI is InChI=1S/C18H21FN4O2/c1-13-10-17(23-8-2-3-9-23)22-16(21-13)11-20-18(24)12-25-15-6-4-14(19)5-7-15/h4-7,10H,2-3,8-9,11-12H2,1H3,(H,20,24). The summed E-state index contributed by atoms with van der Waals surface area (Å²) in [4.78, 5) is 23.0. The first-order valence-corrected chi connectivity index (χ1v) is 8.35. The molecule has 2 aromatic rings. The Kier molecular flexibility index (Phi) is 5.42. The molecule has 1 saturated heterocycles. The van der Waals surface area contributed by atoms with E-state index in [4.69, 9.17) is 4.74 Å². The molecule has 1 amide bonds. The number of carbonyl (C=O) groups is 1. The largest absolute Gasteiger partial charge is 0.484 e. The van der Waals surface area contributed by atoms with Gasteiger partial charge in [-0.1, -0.05) is 0 Å². The molecule has 1 aliphatic rings. The monoisotopic (exact) mass is 344 g/mol. The van der Waals surface area contributed by atoms with Crippen LogP contribution in [0.15, 0.2) is 30.3 Å². The number of aryl methyl sites for hydroxylation is 1. The summed E-state index contributed by atoms with van der Waals surface area (Å²) in [5.74, 6) is 1.31. The van der Waals surface area contributed by atoms with E-state index in [1.165, 1.54) is 37.1 Å². The van der Waals surface area contributed by atoms with Crippen molar-refractivity contribution in [1.82, 2.24) is 15.3 Å². The van der Waals surface area contributed by atoms with Gasteiger partial charge in [-0.15, -0.1) is 0 Å². The second kappa shape index (κ2) is 7.92. The van der Waals surface area contributed by atoms with Crippen molar-refractivity contribution in [2.24, 2.45) is 0 Å². The van der Waals surface area contributed by atoms with Gasteiger partial charge in [0.25, 0.3) is 5.91 Å². The number of hydrogen-bond donors (Lipinski definition) is 1. The van der Waals surface area contributed by atoms with Gasteiger partial charge in [0.05, 0.1) is 6.54 Å². The lowest BCUT2D eigenvalue weighted by Crippen LogP contribution is -2.29. The van der Waals surface area contributed by atoms with Crippen molar-refractivity contribution in [3.8, 4) is 5.75 Å². The zero-order valence-corrected chi connectivity index (χ0v) is 14.2. The summed E-state index contributed by atoms with van der Waals surface area (Å²) < 4.78 is 18.1. The van der Waals surface area contributed by atoms with Crippen molar-refractivity contribution >= 4 is 11.7 Å². The van der Waals surface area contributed by atoms with Crippen LogP contribution in [0.5, 0.6) is 5.75 Å². The Balaban J connectivity index is 1.52.